The molecule has 0 amide bonds. The molecule has 1 aliphatic rings. The molecule has 0 unspecified atom stereocenters. The van der Waals surface area contributed by atoms with E-state index in [1.165, 1.54) is 0 Å². The summed E-state index contributed by atoms with van der Waals surface area (Å²) in [7, 11) is 0. The molecule has 3 aromatic rings. The van der Waals surface area contributed by atoms with E-state index in [-0.39, 0.29) is 0 Å². The number of pyridine rings is 1. The number of nitrogens with zero attached hydrogens (tertiary/aromatic N) is 5. The van der Waals surface area contributed by atoms with Gasteiger partial charge in [-0.05, 0) is 38.7 Å². The zero-order valence-electron chi connectivity index (χ0n) is 14.7. The van der Waals surface area contributed by atoms with E-state index in [1.807, 2.05) is 36.6 Å². The van der Waals surface area contributed by atoms with Crippen LogP contribution in [0.15, 0.2) is 36.7 Å². The van der Waals surface area contributed by atoms with Crippen molar-refractivity contribution in [3.05, 3.63) is 47.9 Å². The minimum Gasteiger partial charge on any atom is -0.477 e. The third-order valence-corrected chi connectivity index (χ3v) is 4.82. The summed E-state index contributed by atoms with van der Waals surface area (Å²) in [4.78, 5) is 11.2. The molecule has 0 radical (unpaired) electrons. The maximum atomic E-state index is 5.94. The van der Waals surface area contributed by atoms with Crippen molar-refractivity contribution in [3.63, 3.8) is 0 Å². The molecule has 0 N–H and O–H groups in total. The predicted octanol–water partition coefficient (Wildman–Crippen LogP) is 3.04. The van der Waals surface area contributed by atoms with E-state index in [1.54, 1.807) is 12.4 Å². The van der Waals surface area contributed by atoms with Crippen molar-refractivity contribution in [1.29, 1.82) is 0 Å². The van der Waals surface area contributed by atoms with E-state index >= 15 is 0 Å². The SMILES string of the molecule is Cc1cc(N2CCC(COc3ncccc3C)CC2)n2nccc2n1. The number of anilines is 1. The van der Waals surface area contributed by atoms with Crippen LogP contribution >= 0.6 is 0 Å². The fourth-order valence-electron chi connectivity index (χ4n) is 3.39. The molecular weight excluding hydrogens is 314 g/mol. The number of piperidine rings is 1. The molecule has 3 aromatic heterocycles. The van der Waals surface area contributed by atoms with E-state index in [9.17, 15) is 0 Å². The van der Waals surface area contributed by atoms with Gasteiger partial charge in [0.2, 0.25) is 5.88 Å². The first-order chi connectivity index (χ1) is 12.2. The number of hydrogen-bond donors (Lipinski definition) is 0. The molecule has 0 bridgehead atoms. The Morgan fingerprint density at radius 1 is 1.16 bits per heavy atom. The summed E-state index contributed by atoms with van der Waals surface area (Å²) in [6, 6.07) is 8.04. The predicted molar refractivity (Wildman–Crippen MR) is 97.1 cm³/mol. The number of hydrogen-bond acceptors (Lipinski definition) is 5. The summed E-state index contributed by atoms with van der Waals surface area (Å²) < 4.78 is 7.87. The van der Waals surface area contributed by atoms with E-state index in [0.717, 1.165) is 61.1 Å². The van der Waals surface area contributed by atoms with Gasteiger partial charge in [0.05, 0.1) is 12.8 Å². The summed E-state index contributed by atoms with van der Waals surface area (Å²) in [5.41, 5.74) is 3.03. The molecule has 130 valence electrons. The molecular formula is C19H23N5O. The molecule has 0 aromatic carbocycles. The Kier molecular flexibility index (Phi) is 4.26. The Morgan fingerprint density at radius 2 is 2.00 bits per heavy atom. The molecule has 6 heteroatoms. The van der Waals surface area contributed by atoms with Crippen molar-refractivity contribution in [1.82, 2.24) is 19.6 Å². The average molecular weight is 337 g/mol. The van der Waals surface area contributed by atoms with Crippen molar-refractivity contribution in [3.8, 4) is 5.88 Å². The van der Waals surface area contributed by atoms with Crippen LogP contribution in [0.25, 0.3) is 5.65 Å². The number of rotatable bonds is 4. The highest BCUT2D eigenvalue weighted by Gasteiger charge is 2.22. The van der Waals surface area contributed by atoms with Gasteiger partial charge in [-0.3, -0.25) is 0 Å². The van der Waals surface area contributed by atoms with Crippen LogP contribution in [0, 0.1) is 19.8 Å². The first-order valence-corrected chi connectivity index (χ1v) is 8.81. The highest BCUT2D eigenvalue weighted by molar-refractivity contribution is 5.50. The van der Waals surface area contributed by atoms with Crippen LogP contribution in [0.1, 0.15) is 24.1 Å². The monoisotopic (exact) mass is 337 g/mol. The van der Waals surface area contributed by atoms with Gasteiger partial charge in [-0.2, -0.15) is 9.61 Å². The Labute approximate surface area is 147 Å². The minimum atomic E-state index is 0.564. The van der Waals surface area contributed by atoms with Crippen molar-refractivity contribution >= 4 is 11.5 Å². The number of aromatic nitrogens is 4. The van der Waals surface area contributed by atoms with E-state index < -0.39 is 0 Å². The normalized spacial score (nSPS) is 15.7. The van der Waals surface area contributed by atoms with Crippen LogP contribution in [-0.4, -0.2) is 39.3 Å². The summed E-state index contributed by atoms with van der Waals surface area (Å²) in [6.45, 7) is 6.82. The third kappa shape index (κ3) is 3.29. The first kappa shape index (κ1) is 15.9. The lowest BCUT2D eigenvalue weighted by molar-refractivity contribution is 0.214. The molecule has 0 saturated carbocycles. The highest BCUT2D eigenvalue weighted by atomic mass is 16.5. The van der Waals surface area contributed by atoms with Crippen LogP contribution in [0.2, 0.25) is 0 Å². The Balaban J connectivity index is 1.40. The number of ether oxygens (including phenoxy) is 1. The summed E-state index contributed by atoms with van der Waals surface area (Å²) in [6.07, 6.45) is 5.80. The number of fused-ring (bicyclic) bond motifs is 1. The minimum absolute atomic E-state index is 0.564. The van der Waals surface area contributed by atoms with Gasteiger partial charge in [0.15, 0.2) is 5.65 Å². The Hall–Kier alpha value is -2.63. The fourth-order valence-corrected chi connectivity index (χ4v) is 3.39. The van der Waals surface area contributed by atoms with Gasteiger partial charge in [0, 0.05) is 42.7 Å². The van der Waals surface area contributed by atoms with Crippen LogP contribution in [-0.2, 0) is 0 Å². The maximum absolute atomic E-state index is 5.94. The molecule has 25 heavy (non-hydrogen) atoms. The molecule has 0 atom stereocenters. The van der Waals surface area contributed by atoms with Gasteiger partial charge in [0.25, 0.3) is 0 Å². The van der Waals surface area contributed by atoms with Gasteiger partial charge in [-0.25, -0.2) is 9.97 Å². The molecule has 1 saturated heterocycles. The summed E-state index contributed by atoms with van der Waals surface area (Å²) in [5, 5.41) is 4.42. The van der Waals surface area contributed by atoms with Crippen molar-refractivity contribution in [2.24, 2.45) is 5.92 Å². The second-order valence-electron chi connectivity index (χ2n) is 6.72. The second-order valence-corrected chi connectivity index (χ2v) is 6.72. The Morgan fingerprint density at radius 3 is 2.80 bits per heavy atom. The van der Waals surface area contributed by atoms with Gasteiger partial charge in [0.1, 0.15) is 5.82 Å². The topological polar surface area (TPSA) is 55.5 Å². The zero-order valence-corrected chi connectivity index (χ0v) is 14.7. The summed E-state index contributed by atoms with van der Waals surface area (Å²) >= 11 is 0. The van der Waals surface area contributed by atoms with E-state index in [4.69, 9.17) is 4.74 Å². The van der Waals surface area contributed by atoms with Crippen molar-refractivity contribution < 1.29 is 4.74 Å². The molecule has 0 spiro atoms. The highest BCUT2D eigenvalue weighted by Crippen LogP contribution is 2.25. The van der Waals surface area contributed by atoms with Crippen molar-refractivity contribution in [2.75, 3.05) is 24.6 Å². The average Bonchev–Trinajstić information content (AvgIpc) is 3.09. The zero-order chi connectivity index (χ0) is 17.2. The van der Waals surface area contributed by atoms with E-state index in [0.29, 0.717) is 5.92 Å². The van der Waals surface area contributed by atoms with Crippen LogP contribution < -0.4 is 9.64 Å². The molecule has 0 aliphatic carbocycles. The maximum Gasteiger partial charge on any atom is 0.216 e. The largest absolute Gasteiger partial charge is 0.477 e. The molecule has 6 nitrogen and oxygen atoms in total. The number of aryl methyl sites for hydroxylation is 2. The summed E-state index contributed by atoms with van der Waals surface area (Å²) in [5.74, 6) is 2.45. The first-order valence-electron chi connectivity index (χ1n) is 8.81. The van der Waals surface area contributed by atoms with Crippen LogP contribution in [0.5, 0.6) is 5.88 Å². The Bertz CT molecular complexity index is 867. The smallest absolute Gasteiger partial charge is 0.216 e. The second kappa shape index (κ2) is 6.70. The third-order valence-electron chi connectivity index (χ3n) is 4.82. The quantitative estimate of drug-likeness (QED) is 0.732. The van der Waals surface area contributed by atoms with E-state index in [2.05, 4.69) is 26.0 Å². The standard InChI is InChI=1S/C19H23N5O/c1-14-4-3-8-20-19(14)25-13-16-6-10-23(11-7-16)18-12-15(2)22-17-5-9-21-24(17)18/h3-5,8-9,12,16H,6-7,10-11,13H2,1-2H3. The molecule has 4 rings (SSSR count). The van der Waals surface area contributed by atoms with Crippen molar-refractivity contribution in [2.45, 2.75) is 26.7 Å². The lowest BCUT2D eigenvalue weighted by atomic mass is 9.98. The lowest BCUT2D eigenvalue weighted by Crippen LogP contribution is -2.36. The molecule has 4 heterocycles. The van der Waals surface area contributed by atoms with Gasteiger partial charge in [-0.15, -0.1) is 0 Å². The molecule has 1 fully saturated rings. The van der Waals surface area contributed by atoms with Gasteiger partial charge in [-0.1, -0.05) is 6.07 Å². The van der Waals surface area contributed by atoms with Crippen LogP contribution in [0.4, 0.5) is 5.82 Å². The van der Waals surface area contributed by atoms with Gasteiger partial charge < -0.3 is 9.64 Å². The fraction of sp³-hybridized carbons (Fsp3) is 0.421. The van der Waals surface area contributed by atoms with Crippen LogP contribution in [0.3, 0.4) is 0 Å². The van der Waals surface area contributed by atoms with Gasteiger partial charge >= 0.3 is 0 Å². The lowest BCUT2D eigenvalue weighted by Gasteiger charge is -2.33. The molecule has 1 aliphatic heterocycles.